The maximum absolute atomic E-state index is 11.6. The van der Waals surface area contributed by atoms with Gasteiger partial charge in [-0.25, -0.2) is 4.79 Å². The van der Waals surface area contributed by atoms with Crippen molar-refractivity contribution in [3.63, 3.8) is 0 Å². The first kappa shape index (κ1) is 13.8. The third-order valence-corrected chi connectivity index (χ3v) is 2.51. The molecule has 0 radical (unpaired) electrons. The molecule has 2 aromatic rings. The number of rotatable bonds is 4. The van der Waals surface area contributed by atoms with E-state index in [9.17, 15) is 4.79 Å². The van der Waals surface area contributed by atoms with Crippen LogP contribution in [0.4, 0.5) is 0 Å². The first-order valence-electron chi connectivity index (χ1n) is 5.89. The highest BCUT2D eigenvalue weighted by Crippen LogP contribution is 2.24. The Hall–Kier alpha value is -2.63. The average Bonchev–Trinajstić information content (AvgIpc) is 2.46. The molecule has 0 atom stereocenters. The number of aryl methyl sites for hydroxylation is 1. The smallest absolute Gasteiger partial charge is 0.341 e. The number of methoxy groups -OCH3 is 2. The van der Waals surface area contributed by atoms with Gasteiger partial charge in [0, 0.05) is 11.8 Å². The summed E-state index contributed by atoms with van der Waals surface area (Å²) in [5, 5.41) is 0. The molecule has 1 aromatic heterocycles. The molecule has 6 heteroatoms. The maximum atomic E-state index is 11.6. The van der Waals surface area contributed by atoms with Crippen LogP contribution in [0.5, 0.6) is 17.6 Å². The van der Waals surface area contributed by atoms with Crippen LogP contribution in [0.25, 0.3) is 0 Å². The van der Waals surface area contributed by atoms with Crippen molar-refractivity contribution in [3.8, 4) is 17.6 Å². The minimum Gasteiger partial charge on any atom is -0.481 e. The largest absolute Gasteiger partial charge is 0.481 e. The average molecular weight is 274 g/mol. The minimum atomic E-state index is -0.486. The van der Waals surface area contributed by atoms with Crippen LogP contribution in [0.2, 0.25) is 0 Å². The highest BCUT2D eigenvalue weighted by atomic mass is 16.5. The van der Waals surface area contributed by atoms with Gasteiger partial charge in [-0.1, -0.05) is 12.1 Å². The van der Waals surface area contributed by atoms with Crippen LogP contribution in [0, 0.1) is 6.92 Å². The Labute approximate surface area is 116 Å². The molecule has 0 spiro atoms. The number of benzene rings is 1. The third-order valence-electron chi connectivity index (χ3n) is 2.51. The molecule has 0 unspecified atom stereocenters. The van der Waals surface area contributed by atoms with Crippen molar-refractivity contribution in [2.75, 3.05) is 14.2 Å². The van der Waals surface area contributed by atoms with Crippen molar-refractivity contribution < 1.29 is 19.0 Å². The lowest BCUT2D eigenvalue weighted by atomic mass is 10.2. The van der Waals surface area contributed by atoms with Crippen molar-refractivity contribution >= 4 is 5.97 Å². The lowest BCUT2D eigenvalue weighted by Gasteiger charge is -2.09. The molecular formula is C14H14N2O4. The van der Waals surface area contributed by atoms with Crippen LogP contribution in [-0.4, -0.2) is 30.2 Å². The monoisotopic (exact) mass is 274 g/mol. The minimum absolute atomic E-state index is 0.109. The van der Waals surface area contributed by atoms with Gasteiger partial charge in [-0.05, 0) is 19.1 Å². The fourth-order valence-electron chi connectivity index (χ4n) is 1.60. The van der Waals surface area contributed by atoms with Crippen molar-refractivity contribution in [2.45, 2.75) is 6.92 Å². The Kier molecular flexibility index (Phi) is 4.14. The van der Waals surface area contributed by atoms with Gasteiger partial charge >= 0.3 is 12.0 Å². The molecule has 0 aliphatic carbocycles. The molecule has 0 N–H and O–H groups in total. The number of esters is 1. The van der Waals surface area contributed by atoms with Gasteiger partial charge in [-0.3, -0.25) is 0 Å². The molecule has 0 amide bonds. The number of para-hydroxylation sites is 1. The summed E-state index contributed by atoms with van der Waals surface area (Å²) in [4.78, 5) is 19.9. The zero-order valence-corrected chi connectivity index (χ0v) is 11.4. The molecule has 0 fully saturated rings. The summed E-state index contributed by atoms with van der Waals surface area (Å²) in [6, 6.07) is 8.50. The number of carbonyl (C=O) groups excluding carboxylic acids is 1. The van der Waals surface area contributed by atoms with Crippen molar-refractivity contribution in [2.24, 2.45) is 0 Å². The van der Waals surface area contributed by atoms with E-state index in [1.54, 1.807) is 37.3 Å². The highest BCUT2D eigenvalue weighted by Gasteiger charge is 2.14. The Balaban J connectivity index is 2.35. The fourth-order valence-corrected chi connectivity index (χ4v) is 1.60. The number of hydrogen-bond acceptors (Lipinski definition) is 6. The van der Waals surface area contributed by atoms with Gasteiger partial charge in [-0.2, -0.15) is 9.97 Å². The molecule has 20 heavy (non-hydrogen) atoms. The van der Waals surface area contributed by atoms with E-state index in [0.717, 1.165) is 0 Å². The zero-order valence-electron chi connectivity index (χ0n) is 11.4. The van der Waals surface area contributed by atoms with Crippen LogP contribution in [0.1, 0.15) is 16.1 Å². The van der Waals surface area contributed by atoms with E-state index >= 15 is 0 Å². The lowest BCUT2D eigenvalue weighted by molar-refractivity contribution is 0.0598. The second-order valence-electron chi connectivity index (χ2n) is 3.92. The van der Waals surface area contributed by atoms with E-state index in [2.05, 4.69) is 9.97 Å². The standard InChI is InChI=1S/C14H14N2O4/c1-9-8-12(18-2)16-14(15-9)20-11-7-5-4-6-10(11)13(17)19-3/h4-8H,1-3H3. The van der Waals surface area contributed by atoms with Crippen LogP contribution in [0.3, 0.4) is 0 Å². The van der Waals surface area contributed by atoms with Crippen LogP contribution in [0.15, 0.2) is 30.3 Å². The SMILES string of the molecule is COC(=O)c1ccccc1Oc1nc(C)cc(OC)n1. The van der Waals surface area contributed by atoms with Crippen molar-refractivity contribution in [1.29, 1.82) is 0 Å². The molecule has 1 heterocycles. The second-order valence-corrected chi connectivity index (χ2v) is 3.92. The summed E-state index contributed by atoms with van der Waals surface area (Å²) in [5.74, 6) is 0.232. The Bertz CT molecular complexity index is 628. The lowest BCUT2D eigenvalue weighted by Crippen LogP contribution is -2.05. The van der Waals surface area contributed by atoms with E-state index in [-0.39, 0.29) is 6.01 Å². The highest BCUT2D eigenvalue weighted by molar-refractivity contribution is 5.92. The summed E-state index contributed by atoms with van der Waals surface area (Å²) < 4.78 is 15.3. The van der Waals surface area contributed by atoms with Gasteiger partial charge in [-0.15, -0.1) is 0 Å². The molecule has 0 aliphatic heterocycles. The molecule has 0 aliphatic rings. The number of aromatic nitrogens is 2. The topological polar surface area (TPSA) is 70.5 Å². The van der Waals surface area contributed by atoms with Crippen molar-refractivity contribution in [3.05, 3.63) is 41.6 Å². The summed E-state index contributed by atoms with van der Waals surface area (Å²) in [6.45, 7) is 1.79. The molecule has 6 nitrogen and oxygen atoms in total. The van der Waals surface area contributed by atoms with Gasteiger partial charge < -0.3 is 14.2 Å². The van der Waals surface area contributed by atoms with E-state index in [1.807, 2.05) is 0 Å². The van der Waals surface area contributed by atoms with E-state index in [4.69, 9.17) is 14.2 Å². The van der Waals surface area contributed by atoms with E-state index in [0.29, 0.717) is 22.9 Å². The molecular weight excluding hydrogens is 260 g/mol. The van der Waals surface area contributed by atoms with Crippen LogP contribution >= 0.6 is 0 Å². The maximum Gasteiger partial charge on any atom is 0.341 e. The first-order valence-corrected chi connectivity index (χ1v) is 5.89. The third kappa shape index (κ3) is 3.03. The summed E-state index contributed by atoms with van der Waals surface area (Å²) in [5.41, 5.74) is 1.00. The molecule has 0 saturated carbocycles. The van der Waals surface area contributed by atoms with Gasteiger partial charge in [0.1, 0.15) is 11.3 Å². The molecule has 0 saturated heterocycles. The quantitative estimate of drug-likeness (QED) is 0.797. The molecule has 2 rings (SSSR count). The number of ether oxygens (including phenoxy) is 3. The number of hydrogen-bond donors (Lipinski definition) is 0. The Morgan fingerprint density at radius 1 is 1.15 bits per heavy atom. The number of carbonyl (C=O) groups is 1. The summed E-state index contributed by atoms with van der Waals surface area (Å²) in [7, 11) is 2.82. The van der Waals surface area contributed by atoms with Crippen LogP contribution < -0.4 is 9.47 Å². The van der Waals surface area contributed by atoms with Crippen LogP contribution in [-0.2, 0) is 4.74 Å². The molecule has 104 valence electrons. The van der Waals surface area contributed by atoms with Gasteiger partial charge in [0.05, 0.1) is 14.2 Å². The van der Waals surface area contributed by atoms with Gasteiger partial charge in [0.25, 0.3) is 0 Å². The van der Waals surface area contributed by atoms with E-state index < -0.39 is 5.97 Å². The van der Waals surface area contributed by atoms with E-state index in [1.165, 1.54) is 14.2 Å². The predicted molar refractivity (Wildman–Crippen MR) is 71.2 cm³/mol. The van der Waals surface area contributed by atoms with Crippen molar-refractivity contribution in [1.82, 2.24) is 9.97 Å². The first-order chi connectivity index (χ1) is 9.63. The normalized spacial score (nSPS) is 9.95. The zero-order chi connectivity index (χ0) is 14.5. The number of nitrogens with zero attached hydrogens (tertiary/aromatic N) is 2. The van der Waals surface area contributed by atoms with Gasteiger partial charge in [0.15, 0.2) is 0 Å². The summed E-state index contributed by atoms with van der Waals surface area (Å²) >= 11 is 0. The second kappa shape index (κ2) is 6.01. The Morgan fingerprint density at radius 2 is 1.90 bits per heavy atom. The molecule has 0 bridgehead atoms. The predicted octanol–water partition coefficient (Wildman–Crippen LogP) is 2.37. The Morgan fingerprint density at radius 3 is 2.60 bits per heavy atom. The fraction of sp³-hybridized carbons (Fsp3) is 0.214. The summed E-state index contributed by atoms with van der Waals surface area (Å²) in [6.07, 6.45) is 0. The van der Waals surface area contributed by atoms with Gasteiger partial charge in [0.2, 0.25) is 5.88 Å². The molecule has 1 aromatic carbocycles.